The molecule has 0 N–H and O–H groups in total. The zero-order valence-electron chi connectivity index (χ0n) is 23.1. The van der Waals surface area contributed by atoms with E-state index in [9.17, 15) is 19.8 Å². The summed E-state index contributed by atoms with van der Waals surface area (Å²) >= 11 is 8.05. The minimum atomic E-state index is -1.02. The van der Waals surface area contributed by atoms with Crippen LogP contribution in [0.5, 0.6) is 0 Å². The van der Waals surface area contributed by atoms with Crippen LogP contribution >= 0.6 is 25.3 Å². The van der Waals surface area contributed by atoms with Gasteiger partial charge in [0, 0.05) is 37.0 Å². The van der Waals surface area contributed by atoms with Gasteiger partial charge < -0.3 is 29.3 Å². The molecule has 0 bridgehead atoms. The van der Waals surface area contributed by atoms with Crippen LogP contribution in [0.1, 0.15) is 92.9 Å². The summed E-state index contributed by atoms with van der Waals surface area (Å²) in [4.78, 5) is 21.0. The van der Waals surface area contributed by atoms with Crippen LogP contribution in [0.3, 0.4) is 0 Å². The van der Waals surface area contributed by atoms with Crippen LogP contribution in [0.4, 0.5) is 0 Å². The summed E-state index contributed by atoms with van der Waals surface area (Å²) in [7, 11) is 0. The summed E-state index contributed by atoms with van der Waals surface area (Å²) in [6.07, 6.45) is 8.71. The van der Waals surface area contributed by atoms with Gasteiger partial charge in [0.1, 0.15) is 0 Å². The molecule has 9 heteroatoms. The molecule has 0 rings (SSSR count). The van der Waals surface area contributed by atoms with Crippen LogP contribution in [0.15, 0.2) is 0 Å². The van der Waals surface area contributed by atoms with Crippen molar-refractivity contribution in [2.24, 2.45) is 11.8 Å². The summed E-state index contributed by atoms with van der Waals surface area (Å²) in [5, 5.41) is 21.0. The van der Waals surface area contributed by atoms with Gasteiger partial charge in [0.2, 0.25) is 0 Å². The summed E-state index contributed by atoms with van der Waals surface area (Å²) in [6, 6.07) is 0. The quantitative estimate of drug-likeness (QED) is 0.118. The molecule has 0 heterocycles. The number of rotatable bonds is 20. The second-order valence-electron chi connectivity index (χ2n) is 8.54. The Kier molecular flexibility index (Phi) is 34.8. The largest absolute Gasteiger partial charge is 0.550 e. The van der Waals surface area contributed by atoms with Crippen LogP contribution in [-0.4, -0.2) is 70.0 Å². The molecule has 0 aromatic rings. The van der Waals surface area contributed by atoms with Crippen molar-refractivity contribution in [2.45, 2.75) is 114 Å². The summed E-state index contributed by atoms with van der Waals surface area (Å²) in [5.41, 5.74) is 0. The minimum Gasteiger partial charge on any atom is -0.550 e. The first-order valence-corrected chi connectivity index (χ1v) is 18.5. The molecule has 0 spiro atoms. The Morgan fingerprint density at radius 2 is 1.06 bits per heavy atom. The van der Waals surface area contributed by atoms with Gasteiger partial charge in [-0.25, -0.2) is 0 Å². The third-order valence-electron chi connectivity index (χ3n) is 5.27. The van der Waals surface area contributed by atoms with Crippen LogP contribution in [0, 0.1) is 11.8 Å². The van der Waals surface area contributed by atoms with Gasteiger partial charge in [-0.05, 0) is 64.9 Å². The van der Waals surface area contributed by atoms with E-state index in [1.165, 1.54) is 25.7 Å². The summed E-state index contributed by atoms with van der Waals surface area (Å²) in [6.45, 7) is 13.6. The van der Waals surface area contributed by atoms with Crippen LogP contribution in [-0.2, 0) is 19.1 Å². The number of hydrogen-bond acceptors (Lipinski definition) is 8. The molecule has 0 saturated carbocycles. The van der Waals surface area contributed by atoms with Crippen LogP contribution in [0.2, 0.25) is 8.87 Å². The number of thiol groups is 2. The van der Waals surface area contributed by atoms with Gasteiger partial charge in [-0.1, -0.05) is 0 Å². The maximum atomic E-state index is 10.5. The van der Waals surface area contributed by atoms with E-state index < -0.39 is 23.8 Å². The molecule has 208 valence electrons. The molecule has 0 aromatic carbocycles. The number of carboxylic acids is 2. The number of carboxylic acid groups (broad SMARTS) is 2. The molecular weight excluding hydrogens is 591 g/mol. The second-order valence-corrected chi connectivity index (χ2v) is 13.6. The number of carbonyl (C=O) groups excluding carboxylic acids is 2. The fraction of sp³-hybridized carbons (Fsp3) is 0.923. The third-order valence-corrected chi connectivity index (χ3v) is 10.2. The number of hydrogen-bond donors (Lipinski definition) is 2. The average molecular weight is 644 g/mol. The minimum absolute atomic E-state index is 0.117. The van der Waals surface area contributed by atoms with Gasteiger partial charge in [-0.3, -0.25) is 0 Å². The molecule has 0 aliphatic rings. The Morgan fingerprint density at radius 1 is 0.714 bits per heavy atom. The maximum Gasteiger partial charge on any atom is 0.0547 e. The number of unbranched alkanes of at least 4 members (excludes halogenated alkanes) is 2. The number of carbonyl (C=O) groups is 2. The van der Waals surface area contributed by atoms with Crippen molar-refractivity contribution in [3.05, 3.63) is 0 Å². The number of aliphatic carboxylic acids is 2. The summed E-state index contributed by atoms with van der Waals surface area (Å²) in [5.74, 6) is -2.27. The van der Waals surface area contributed by atoms with Gasteiger partial charge in [-0.15, -0.1) is 0 Å². The molecule has 0 amide bonds. The Bertz CT molecular complexity index is 431. The zero-order valence-corrected chi connectivity index (χ0v) is 27.7. The standard InChI is InChI=1S/2C9H18O3S.2C4H9.Sn/c2*1-3-12-7(2)4-5-8(6-13)9(10)11;2*1-3-4-2;/h2*7-8,13H,3-6H2,1-2H3,(H,10,11);2*1,3-4H2,2H3;/q;;;;+2/p-2. The van der Waals surface area contributed by atoms with Crippen LogP contribution < -0.4 is 10.2 Å². The number of ether oxygens (including phenoxy) is 2. The molecule has 0 aliphatic heterocycles. The van der Waals surface area contributed by atoms with E-state index in [0.717, 1.165) is 12.8 Å². The first-order valence-electron chi connectivity index (χ1n) is 13.2. The van der Waals surface area contributed by atoms with E-state index in [1.54, 1.807) is 8.87 Å². The fourth-order valence-electron chi connectivity index (χ4n) is 2.90. The molecule has 35 heavy (non-hydrogen) atoms. The van der Waals surface area contributed by atoms with E-state index >= 15 is 0 Å². The van der Waals surface area contributed by atoms with E-state index in [-0.39, 0.29) is 33.4 Å². The van der Waals surface area contributed by atoms with Gasteiger partial charge in [0.15, 0.2) is 0 Å². The van der Waals surface area contributed by atoms with Crippen molar-refractivity contribution in [1.29, 1.82) is 0 Å². The van der Waals surface area contributed by atoms with E-state index in [4.69, 9.17) is 9.47 Å². The molecule has 4 atom stereocenters. The monoisotopic (exact) mass is 644 g/mol. The van der Waals surface area contributed by atoms with Crippen molar-refractivity contribution in [3.63, 3.8) is 0 Å². The fourth-order valence-corrected chi connectivity index (χ4v) is 7.73. The SMILES string of the molecule is CCC[CH2][Sn+2][CH2]CCC.CCOC(C)CCC(CS)C(=O)[O-].CCOC(C)CCC(CS)C(=O)[O-]. The average Bonchev–Trinajstić information content (AvgIpc) is 2.80. The molecule has 0 aliphatic carbocycles. The second kappa shape index (κ2) is 30.6. The van der Waals surface area contributed by atoms with Gasteiger partial charge in [-0.2, -0.15) is 25.3 Å². The molecule has 6 nitrogen and oxygen atoms in total. The molecule has 0 radical (unpaired) electrons. The first kappa shape index (κ1) is 39.9. The Labute approximate surface area is 237 Å². The van der Waals surface area contributed by atoms with Crippen molar-refractivity contribution in [2.75, 3.05) is 24.7 Å². The normalized spacial score (nSPS) is 13.7. The maximum absolute atomic E-state index is 10.5. The Balaban J connectivity index is -0.000000448. The third kappa shape index (κ3) is 30.5. The molecular formula is C26H52O6S2Sn. The van der Waals surface area contributed by atoms with E-state index in [2.05, 4.69) is 39.1 Å². The van der Waals surface area contributed by atoms with Gasteiger partial charge in [0.25, 0.3) is 0 Å². The van der Waals surface area contributed by atoms with Crippen molar-refractivity contribution < 1.29 is 29.3 Å². The summed E-state index contributed by atoms with van der Waals surface area (Å²) < 4.78 is 13.8. The smallest absolute Gasteiger partial charge is 0.0547 e. The Hall–Kier alpha value is 0.359. The molecule has 0 fully saturated rings. The van der Waals surface area contributed by atoms with Crippen molar-refractivity contribution in [3.8, 4) is 0 Å². The van der Waals surface area contributed by atoms with E-state index in [0.29, 0.717) is 37.6 Å². The first-order chi connectivity index (χ1) is 16.6. The predicted octanol–water partition coefficient (Wildman–Crippen LogP) is 4.10. The van der Waals surface area contributed by atoms with Crippen molar-refractivity contribution in [1.82, 2.24) is 0 Å². The topological polar surface area (TPSA) is 98.7 Å². The van der Waals surface area contributed by atoms with Crippen LogP contribution in [0.25, 0.3) is 0 Å². The predicted molar refractivity (Wildman–Crippen MR) is 151 cm³/mol. The zero-order chi connectivity index (χ0) is 27.5. The van der Waals surface area contributed by atoms with Gasteiger partial charge >= 0.3 is 69.5 Å². The Morgan fingerprint density at radius 3 is 1.29 bits per heavy atom. The molecule has 0 saturated heterocycles. The molecule has 4 unspecified atom stereocenters. The molecule has 0 aromatic heterocycles. The van der Waals surface area contributed by atoms with E-state index in [1.807, 2.05) is 27.7 Å². The van der Waals surface area contributed by atoms with Crippen molar-refractivity contribution >= 4 is 58.3 Å². The van der Waals surface area contributed by atoms with Gasteiger partial charge in [0.05, 0.1) is 12.2 Å².